The molecule has 0 unspecified atom stereocenters. The minimum absolute atomic E-state index is 0.116. The van der Waals surface area contributed by atoms with Crippen LogP contribution in [-0.2, 0) is 4.79 Å². The first kappa shape index (κ1) is 17.8. The number of hydrogen-bond donors (Lipinski definition) is 2. The molecule has 136 valence electrons. The smallest absolute Gasteiger partial charge is 0.236 e. The summed E-state index contributed by atoms with van der Waals surface area (Å²) in [6.07, 6.45) is 0. The summed E-state index contributed by atoms with van der Waals surface area (Å²) in [5, 5.41) is 14.9. The van der Waals surface area contributed by atoms with E-state index < -0.39 is 0 Å². The zero-order valence-electron chi connectivity index (χ0n) is 14.3. The lowest BCUT2D eigenvalue weighted by Gasteiger charge is -2.05. The zero-order valence-corrected chi connectivity index (χ0v) is 15.1. The SMILES string of the molecule is CCOc1ccc(-c2nnc(SCC(=O)Nc3cc(C)on3)n2N)cc1. The molecule has 3 aromatic rings. The molecule has 10 heteroatoms. The number of rotatable bonds is 7. The maximum Gasteiger partial charge on any atom is 0.236 e. The summed E-state index contributed by atoms with van der Waals surface area (Å²) >= 11 is 1.18. The number of thioether (sulfide) groups is 1. The first-order chi connectivity index (χ1) is 12.6. The van der Waals surface area contributed by atoms with Gasteiger partial charge < -0.3 is 20.4 Å². The van der Waals surface area contributed by atoms with E-state index in [1.807, 2.05) is 31.2 Å². The van der Waals surface area contributed by atoms with Crippen molar-refractivity contribution in [3.63, 3.8) is 0 Å². The highest BCUT2D eigenvalue weighted by Gasteiger charge is 2.14. The van der Waals surface area contributed by atoms with Crippen LogP contribution in [0.3, 0.4) is 0 Å². The van der Waals surface area contributed by atoms with Crippen molar-refractivity contribution >= 4 is 23.5 Å². The van der Waals surface area contributed by atoms with Gasteiger partial charge in [0.1, 0.15) is 11.5 Å². The van der Waals surface area contributed by atoms with Crippen molar-refractivity contribution in [2.24, 2.45) is 0 Å². The number of aryl methyl sites for hydroxylation is 1. The van der Waals surface area contributed by atoms with Crippen LogP contribution in [0.15, 0.2) is 40.0 Å². The number of anilines is 1. The molecule has 0 saturated carbocycles. The largest absolute Gasteiger partial charge is 0.494 e. The van der Waals surface area contributed by atoms with Gasteiger partial charge in [0.05, 0.1) is 12.4 Å². The number of hydrogen-bond acceptors (Lipinski definition) is 8. The van der Waals surface area contributed by atoms with Gasteiger partial charge in [-0.2, -0.15) is 0 Å². The molecule has 0 aliphatic rings. The average Bonchev–Trinajstić information content (AvgIpc) is 3.20. The highest BCUT2D eigenvalue weighted by Crippen LogP contribution is 2.23. The molecule has 3 N–H and O–H groups in total. The van der Waals surface area contributed by atoms with Crippen LogP contribution in [0.1, 0.15) is 12.7 Å². The molecular formula is C16H18N6O3S. The Morgan fingerprint density at radius 2 is 2.12 bits per heavy atom. The van der Waals surface area contributed by atoms with Crippen LogP contribution in [-0.4, -0.2) is 38.3 Å². The molecule has 3 rings (SSSR count). The maximum absolute atomic E-state index is 12.0. The van der Waals surface area contributed by atoms with E-state index in [4.69, 9.17) is 15.1 Å². The number of benzene rings is 1. The summed E-state index contributed by atoms with van der Waals surface area (Å²) in [7, 11) is 0. The molecule has 0 aliphatic heterocycles. The lowest BCUT2D eigenvalue weighted by Crippen LogP contribution is -2.16. The van der Waals surface area contributed by atoms with E-state index in [9.17, 15) is 4.79 Å². The van der Waals surface area contributed by atoms with Crippen LogP contribution in [0.5, 0.6) is 5.75 Å². The van der Waals surface area contributed by atoms with Crippen LogP contribution in [0.2, 0.25) is 0 Å². The van der Waals surface area contributed by atoms with Crippen molar-refractivity contribution in [1.29, 1.82) is 0 Å². The van der Waals surface area contributed by atoms with Crippen LogP contribution in [0.4, 0.5) is 5.82 Å². The van der Waals surface area contributed by atoms with Gasteiger partial charge in [-0.1, -0.05) is 16.9 Å². The summed E-state index contributed by atoms with van der Waals surface area (Å²) in [5.74, 6) is 8.20. The summed E-state index contributed by atoms with van der Waals surface area (Å²) < 4.78 is 11.7. The van der Waals surface area contributed by atoms with Gasteiger partial charge in [-0.05, 0) is 38.1 Å². The minimum Gasteiger partial charge on any atom is -0.494 e. The van der Waals surface area contributed by atoms with Crippen molar-refractivity contribution in [2.75, 3.05) is 23.5 Å². The van der Waals surface area contributed by atoms with Gasteiger partial charge in [0, 0.05) is 11.6 Å². The van der Waals surface area contributed by atoms with Crippen molar-refractivity contribution in [2.45, 2.75) is 19.0 Å². The predicted octanol–water partition coefficient (Wildman–Crippen LogP) is 2.08. The number of nitrogens with two attached hydrogens (primary N) is 1. The normalized spacial score (nSPS) is 10.7. The maximum atomic E-state index is 12.0. The minimum atomic E-state index is -0.242. The Bertz CT molecular complexity index is 890. The third-order valence-electron chi connectivity index (χ3n) is 3.32. The van der Waals surface area contributed by atoms with E-state index in [2.05, 4.69) is 20.7 Å². The number of carbonyl (C=O) groups excluding carboxylic acids is 1. The Labute approximate surface area is 153 Å². The molecule has 2 heterocycles. The zero-order chi connectivity index (χ0) is 18.5. The topological polar surface area (TPSA) is 121 Å². The summed E-state index contributed by atoms with van der Waals surface area (Å²) in [5.41, 5.74) is 0.804. The standard InChI is InChI=1S/C16H18N6O3S/c1-3-24-12-6-4-11(5-7-12)15-19-20-16(22(15)17)26-9-14(23)18-13-8-10(2)25-21-13/h4-8H,3,9,17H2,1-2H3,(H,18,21,23). The van der Waals surface area contributed by atoms with Crippen LogP contribution in [0.25, 0.3) is 11.4 Å². The molecule has 0 radical (unpaired) electrons. The number of aromatic nitrogens is 4. The van der Waals surface area contributed by atoms with Gasteiger partial charge in [-0.25, -0.2) is 4.68 Å². The van der Waals surface area contributed by atoms with Crippen LogP contribution >= 0.6 is 11.8 Å². The third-order valence-corrected chi connectivity index (χ3v) is 4.26. The number of nitrogen functional groups attached to an aromatic ring is 1. The summed E-state index contributed by atoms with van der Waals surface area (Å²) in [6, 6.07) is 9.03. The van der Waals surface area contributed by atoms with Crippen molar-refractivity contribution in [3.05, 3.63) is 36.1 Å². The Morgan fingerprint density at radius 1 is 1.35 bits per heavy atom. The first-order valence-corrected chi connectivity index (χ1v) is 8.85. The number of amides is 1. The fourth-order valence-corrected chi connectivity index (χ4v) is 2.83. The third kappa shape index (κ3) is 4.14. The lowest BCUT2D eigenvalue weighted by molar-refractivity contribution is -0.113. The van der Waals surface area contributed by atoms with Gasteiger partial charge in [0.2, 0.25) is 11.1 Å². The second-order valence-corrected chi connectivity index (χ2v) is 6.24. The number of nitrogens with zero attached hydrogens (tertiary/aromatic N) is 4. The van der Waals surface area contributed by atoms with E-state index in [1.54, 1.807) is 13.0 Å². The molecule has 0 bridgehead atoms. The predicted molar refractivity (Wildman–Crippen MR) is 97.4 cm³/mol. The van der Waals surface area contributed by atoms with Crippen molar-refractivity contribution < 1.29 is 14.1 Å². The van der Waals surface area contributed by atoms with E-state index in [-0.39, 0.29) is 11.7 Å². The summed E-state index contributed by atoms with van der Waals surface area (Å²) in [6.45, 7) is 4.27. The molecule has 0 spiro atoms. The van der Waals surface area contributed by atoms with Gasteiger partial charge in [0.15, 0.2) is 11.6 Å². The van der Waals surface area contributed by atoms with Gasteiger partial charge >= 0.3 is 0 Å². The Balaban J connectivity index is 1.62. The fourth-order valence-electron chi connectivity index (χ4n) is 2.17. The molecule has 0 atom stereocenters. The van der Waals surface area contributed by atoms with Crippen molar-refractivity contribution in [3.8, 4) is 17.1 Å². The quantitative estimate of drug-likeness (QED) is 0.476. The molecule has 2 aromatic heterocycles. The van der Waals surface area contributed by atoms with Gasteiger partial charge in [0.25, 0.3) is 0 Å². The lowest BCUT2D eigenvalue weighted by atomic mass is 10.2. The fraction of sp³-hybridized carbons (Fsp3) is 0.250. The van der Waals surface area contributed by atoms with Crippen LogP contribution in [0, 0.1) is 6.92 Å². The Hall–Kier alpha value is -3.01. The second-order valence-electron chi connectivity index (χ2n) is 5.29. The Kier molecular flexibility index (Phi) is 5.42. The molecule has 1 aromatic carbocycles. The van der Waals surface area contributed by atoms with Crippen molar-refractivity contribution in [1.82, 2.24) is 20.0 Å². The van der Waals surface area contributed by atoms with E-state index in [0.29, 0.717) is 29.2 Å². The number of ether oxygens (including phenoxy) is 1. The van der Waals surface area contributed by atoms with E-state index in [0.717, 1.165) is 11.3 Å². The molecule has 26 heavy (non-hydrogen) atoms. The molecule has 0 aliphatic carbocycles. The van der Waals surface area contributed by atoms with Gasteiger partial charge in [-0.15, -0.1) is 10.2 Å². The van der Waals surface area contributed by atoms with E-state index in [1.165, 1.54) is 16.4 Å². The average molecular weight is 374 g/mol. The highest BCUT2D eigenvalue weighted by atomic mass is 32.2. The molecule has 1 amide bonds. The second kappa shape index (κ2) is 7.91. The Morgan fingerprint density at radius 3 is 2.77 bits per heavy atom. The molecule has 0 saturated heterocycles. The summed E-state index contributed by atoms with van der Waals surface area (Å²) in [4.78, 5) is 12.0. The highest BCUT2D eigenvalue weighted by molar-refractivity contribution is 7.99. The first-order valence-electron chi connectivity index (χ1n) is 7.86. The molecule has 9 nitrogen and oxygen atoms in total. The van der Waals surface area contributed by atoms with Crippen LogP contribution < -0.4 is 15.9 Å². The molecular weight excluding hydrogens is 356 g/mol. The number of nitrogens with one attached hydrogen (secondary N) is 1. The molecule has 0 fully saturated rings. The number of carbonyl (C=O) groups is 1. The van der Waals surface area contributed by atoms with Gasteiger partial charge in [-0.3, -0.25) is 4.79 Å². The monoisotopic (exact) mass is 374 g/mol. The van der Waals surface area contributed by atoms with E-state index >= 15 is 0 Å².